The van der Waals surface area contributed by atoms with Crippen LogP contribution < -0.4 is 0 Å². The first-order valence-electron chi connectivity index (χ1n) is 6.45. The summed E-state index contributed by atoms with van der Waals surface area (Å²) in [6.45, 7) is 0. The fourth-order valence-electron chi connectivity index (χ4n) is 2.15. The van der Waals surface area contributed by atoms with E-state index in [1.54, 1.807) is 0 Å². The molecule has 0 radical (unpaired) electrons. The van der Waals surface area contributed by atoms with Crippen molar-refractivity contribution in [2.75, 3.05) is 0 Å². The predicted octanol–water partition coefficient (Wildman–Crippen LogP) is 4.46. The van der Waals surface area contributed by atoms with Gasteiger partial charge in [-0.15, -0.1) is 0 Å². The molecule has 1 aliphatic carbocycles. The molecule has 1 aliphatic rings. The molecule has 0 atom stereocenters. The number of hydrogen-bond acceptors (Lipinski definition) is 1. The van der Waals surface area contributed by atoms with E-state index in [-0.39, 0.29) is 0 Å². The van der Waals surface area contributed by atoms with Crippen LogP contribution in [-0.2, 0) is 0 Å². The Morgan fingerprint density at radius 1 is 0.737 bits per heavy atom. The van der Waals surface area contributed by atoms with Gasteiger partial charge in [-0.3, -0.25) is 4.98 Å². The van der Waals surface area contributed by atoms with E-state index in [0.29, 0.717) is 5.92 Å². The number of rotatable bonds is 3. The van der Waals surface area contributed by atoms with E-state index in [9.17, 15) is 0 Å². The van der Waals surface area contributed by atoms with Crippen molar-refractivity contribution in [3.8, 4) is 0 Å². The van der Waals surface area contributed by atoms with Gasteiger partial charge >= 0.3 is 0 Å². The molecule has 0 saturated heterocycles. The van der Waals surface area contributed by atoms with Crippen LogP contribution in [0.2, 0.25) is 0 Å². The molecule has 0 bridgehead atoms. The number of benzene rings is 1. The maximum absolute atomic E-state index is 4.01. The van der Waals surface area contributed by atoms with Crippen molar-refractivity contribution in [1.82, 2.24) is 4.98 Å². The fourth-order valence-corrected chi connectivity index (χ4v) is 2.15. The highest BCUT2D eigenvalue weighted by Crippen LogP contribution is 2.23. The van der Waals surface area contributed by atoms with Crippen LogP contribution >= 0.6 is 0 Å². The first-order valence-corrected chi connectivity index (χ1v) is 6.45. The number of pyridine rings is 1. The molecular formula is C18H15N. The minimum Gasteiger partial charge on any atom is -0.265 e. The second-order valence-electron chi connectivity index (χ2n) is 4.58. The van der Waals surface area contributed by atoms with Crippen molar-refractivity contribution >= 4 is 12.2 Å². The first-order chi connectivity index (χ1) is 9.42. The summed E-state index contributed by atoms with van der Waals surface area (Å²) in [6, 6.07) is 12.7. The predicted molar refractivity (Wildman–Crippen MR) is 80.6 cm³/mol. The van der Waals surface area contributed by atoms with Gasteiger partial charge < -0.3 is 0 Å². The third-order valence-corrected chi connectivity index (χ3v) is 3.24. The van der Waals surface area contributed by atoms with Gasteiger partial charge in [0.05, 0.1) is 0 Å². The third-order valence-electron chi connectivity index (χ3n) is 3.24. The fraction of sp³-hybridized carbons (Fsp3) is 0.0556. The molecule has 1 heteroatoms. The van der Waals surface area contributed by atoms with E-state index in [2.05, 4.69) is 65.7 Å². The van der Waals surface area contributed by atoms with Gasteiger partial charge in [0.1, 0.15) is 0 Å². The van der Waals surface area contributed by atoms with E-state index in [4.69, 9.17) is 0 Å². The lowest BCUT2D eigenvalue weighted by Gasteiger charge is -2.05. The van der Waals surface area contributed by atoms with E-state index >= 15 is 0 Å². The molecule has 0 saturated carbocycles. The van der Waals surface area contributed by atoms with Gasteiger partial charge in [-0.25, -0.2) is 0 Å². The van der Waals surface area contributed by atoms with Gasteiger partial charge in [-0.05, 0) is 28.8 Å². The number of aromatic nitrogens is 1. The van der Waals surface area contributed by atoms with Crippen molar-refractivity contribution in [2.45, 2.75) is 5.92 Å². The molecule has 0 N–H and O–H groups in total. The molecule has 0 amide bonds. The second kappa shape index (κ2) is 5.49. The Labute approximate surface area is 113 Å². The molecule has 2 aromatic rings. The molecule has 92 valence electrons. The second-order valence-corrected chi connectivity index (χ2v) is 4.58. The van der Waals surface area contributed by atoms with Gasteiger partial charge in [-0.2, -0.15) is 0 Å². The minimum absolute atomic E-state index is 0.443. The van der Waals surface area contributed by atoms with Crippen molar-refractivity contribution in [3.05, 3.63) is 89.8 Å². The van der Waals surface area contributed by atoms with Gasteiger partial charge in [-0.1, -0.05) is 60.7 Å². The van der Waals surface area contributed by atoms with Crippen LogP contribution in [0, 0.1) is 0 Å². The molecule has 0 fully saturated rings. The summed E-state index contributed by atoms with van der Waals surface area (Å²) < 4.78 is 0. The number of hydrogen-bond donors (Lipinski definition) is 0. The van der Waals surface area contributed by atoms with Crippen molar-refractivity contribution in [2.24, 2.45) is 0 Å². The molecule has 0 unspecified atom stereocenters. The van der Waals surface area contributed by atoms with Gasteiger partial charge in [0, 0.05) is 18.3 Å². The summed E-state index contributed by atoms with van der Waals surface area (Å²) in [5, 5.41) is 0. The number of allylic oxidation sites excluding steroid dienone is 4. The Morgan fingerprint density at radius 3 is 1.95 bits per heavy atom. The molecule has 1 aromatic carbocycles. The normalized spacial score (nSPS) is 14.5. The highest BCUT2D eigenvalue weighted by Gasteiger charge is 2.05. The van der Waals surface area contributed by atoms with Gasteiger partial charge in [0.15, 0.2) is 0 Å². The Morgan fingerprint density at radius 2 is 1.32 bits per heavy atom. The van der Waals surface area contributed by atoms with E-state index < -0.39 is 0 Å². The lowest BCUT2D eigenvalue weighted by Crippen LogP contribution is -1.88. The Bertz CT molecular complexity index is 606. The molecule has 1 aromatic heterocycles. The smallest absolute Gasteiger partial charge is 0.0273 e. The number of nitrogens with zero attached hydrogens (tertiary/aromatic N) is 1. The molecule has 0 aliphatic heterocycles. The Kier molecular flexibility index (Phi) is 3.37. The maximum Gasteiger partial charge on any atom is 0.0273 e. The lowest BCUT2D eigenvalue weighted by molar-refractivity contribution is 1.10. The van der Waals surface area contributed by atoms with Crippen LogP contribution in [0.25, 0.3) is 12.2 Å². The lowest BCUT2D eigenvalue weighted by atomic mass is 9.99. The van der Waals surface area contributed by atoms with Crippen molar-refractivity contribution < 1.29 is 0 Å². The summed E-state index contributed by atoms with van der Waals surface area (Å²) >= 11 is 0. The van der Waals surface area contributed by atoms with Crippen molar-refractivity contribution in [3.63, 3.8) is 0 Å². The first kappa shape index (κ1) is 11.7. The van der Waals surface area contributed by atoms with E-state index in [1.807, 2.05) is 24.5 Å². The van der Waals surface area contributed by atoms with Crippen LogP contribution in [0.5, 0.6) is 0 Å². The average molecular weight is 245 g/mol. The highest BCUT2D eigenvalue weighted by atomic mass is 14.6. The Hall–Kier alpha value is -2.41. The minimum atomic E-state index is 0.443. The summed E-state index contributed by atoms with van der Waals surface area (Å²) in [5.74, 6) is 0.443. The zero-order valence-electron chi connectivity index (χ0n) is 10.6. The quantitative estimate of drug-likeness (QED) is 0.778. The van der Waals surface area contributed by atoms with Crippen LogP contribution in [0.1, 0.15) is 22.6 Å². The van der Waals surface area contributed by atoms with Crippen LogP contribution in [0.3, 0.4) is 0 Å². The summed E-state index contributed by atoms with van der Waals surface area (Å²) in [4.78, 5) is 4.01. The zero-order valence-corrected chi connectivity index (χ0v) is 10.6. The van der Waals surface area contributed by atoms with Crippen molar-refractivity contribution in [1.29, 1.82) is 0 Å². The topological polar surface area (TPSA) is 12.9 Å². The molecular weight excluding hydrogens is 230 g/mol. The summed E-state index contributed by atoms with van der Waals surface area (Å²) in [5.41, 5.74) is 3.72. The molecule has 1 nitrogen and oxygen atoms in total. The van der Waals surface area contributed by atoms with Gasteiger partial charge in [0.25, 0.3) is 0 Å². The van der Waals surface area contributed by atoms with E-state index in [1.165, 1.54) is 16.7 Å². The van der Waals surface area contributed by atoms with Crippen LogP contribution in [-0.4, -0.2) is 4.98 Å². The molecule has 0 spiro atoms. The van der Waals surface area contributed by atoms with Crippen LogP contribution in [0.15, 0.2) is 73.1 Å². The zero-order chi connectivity index (χ0) is 12.9. The highest BCUT2D eigenvalue weighted by molar-refractivity contribution is 5.69. The third kappa shape index (κ3) is 2.89. The van der Waals surface area contributed by atoms with Gasteiger partial charge in [0.2, 0.25) is 0 Å². The molecule has 19 heavy (non-hydrogen) atoms. The monoisotopic (exact) mass is 245 g/mol. The SMILES string of the molecule is C1=CC(c2ccc(/C=C/c3ccncc3)cc2)C=C1. The molecule has 3 rings (SSSR count). The van der Waals surface area contributed by atoms with Crippen LogP contribution in [0.4, 0.5) is 0 Å². The van der Waals surface area contributed by atoms with E-state index in [0.717, 1.165) is 0 Å². The summed E-state index contributed by atoms with van der Waals surface area (Å²) in [6.07, 6.45) is 16.5. The average Bonchev–Trinajstić information content (AvgIpc) is 3.01. The Balaban J connectivity index is 1.74. The maximum atomic E-state index is 4.01. The molecule has 1 heterocycles. The largest absolute Gasteiger partial charge is 0.265 e. The standard InChI is InChI=1S/C18H15N/c1-2-4-17(3-1)18-9-7-15(8-10-18)5-6-16-11-13-19-14-12-16/h1-14,17H/b6-5+. The summed E-state index contributed by atoms with van der Waals surface area (Å²) in [7, 11) is 0.